The Morgan fingerprint density at radius 2 is 2.36 bits per heavy atom. The van der Waals surface area contributed by atoms with Crippen molar-refractivity contribution in [3.05, 3.63) is 0 Å². The number of unbranched alkanes of at least 4 members (excludes halogenated alkanes) is 1. The second kappa shape index (κ2) is 5.37. The molecular weight excluding hydrogens is 208 g/mol. The van der Waals surface area contributed by atoms with Gasteiger partial charge in [-0.1, -0.05) is 13.3 Å². The van der Waals surface area contributed by atoms with E-state index in [4.69, 9.17) is 5.84 Å². The number of rotatable bonds is 3. The Morgan fingerprint density at radius 3 is 2.82 bits per heavy atom. The van der Waals surface area contributed by atoms with Crippen LogP contribution in [0.25, 0.3) is 0 Å². The molecule has 0 aliphatic carbocycles. The molecule has 0 radical (unpaired) electrons. The Balaban J connectivity index is 0.000001000. The van der Waals surface area contributed by atoms with E-state index in [1.54, 1.807) is 11.3 Å². The monoisotopic (exact) mass is 222 g/mol. The molecule has 0 bridgehead atoms. The number of hydrogen-bond donors (Lipinski definition) is 1. The molecule has 11 heavy (non-hydrogen) atoms. The van der Waals surface area contributed by atoms with Gasteiger partial charge in [0.15, 0.2) is 0 Å². The van der Waals surface area contributed by atoms with E-state index in [0.717, 1.165) is 13.2 Å². The van der Waals surface area contributed by atoms with Gasteiger partial charge in [0.2, 0.25) is 0 Å². The first-order chi connectivity index (χ1) is 4.83. The molecule has 0 amide bonds. The first-order valence-electron chi connectivity index (χ1n) is 3.63. The third-order valence-electron chi connectivity index (χ3n) is 1.46. The fourth-order valence-corrected chi connectivity index (χ4v) is 0.870. The van der Waals surface area contributed by atoms with Crippen molar-refractivity contribution in [1.82, 2.24) is 10.0 Å². The molecule has 66 valence electrons. The summed E-state index contributed by atoms with van der Waals surface area (Å²) in [6.07, 6.45) is 4.04. The van der Waals surface area contributed by atoms with Crippen LogP contribution in [-0.2, 0) is 0 Å². The van der Waals surface area contributed by atoms with Crippen molar-refractivity contribution in [2.45, 2.75) is 19.8 Å². The van der Waals surface area contributed by atoms with Gasteiger partial charge in [0.05, 0.1) is 0 Å². The molecule has 2 N–H and O–H groups in total. The summed E-state index contributed by atoms with van der Waals surface area (Å²) in [7, 11) is 0. The highest BCUT2D eigenvalue weighted by atomic mass is 79.9. The molecule has 1 rings (SSSR count). The Morgan fingerprint density at radius 1 is 1.64 bits per heavy atom. The number of nitrogens with two attached hydrogens (primary N) is 1. The second-order valence-electron chi connectivity index (χ2n) is 2.47. The van der Waals surface area contributed by atoms with E-state index in [-0.39, 0.29) is 17.0 Å². The Labute approximate surface area is 77.8 Å². The molecule has 0 saturated carbocycles. The van der Waals surface area contributed by atoms with Crippen LogP contribution in [-0.4, -0.2) is 29.6 Å². The highest BCUT2D eigenvalue weighted by Crippen LogP contribution is 1.99. The maximum absolute atomic E-state index is 5.44. The first-order valence-corrected chi connectivity index (χ1v) is 3.63. The summed E-state index contributed by atoms with van der Waals surface area (Å²) >= 11 is 0. The molecule has 0 atom stereocenters. The second-order valence-corrected chi connectivity index (χ2v) is 2.47. The van der Waals surface area contributed by atoms with E-state index in [0.29, 0.717) is 0 Å². The molecule has 0 spiro atoms. The van der Waals surface area contributed by atoms with Gasteiger partial charge < -0.3 is 0 Å². The van der Waals surface area contributed by atoms with Crippen molar-refractivity contribution in [3.8, 4) is 0 Å². The highest BCUT2D eigenvalue weighted by Gasteiger charge is 2.08. The van der Waals surface area contributed by atoms with E-state index >= 15 is 0 Å². The lowest BCUT2D eigenvalue weighted by molar-refractivity contribution is 0.234. The molecule has 0 fully saturated rings. The molecule has 4 nitrogen and oxygen atoms in total. The van der Waals surface area contributed by atoms with E-state index < -0.39 is 0 Å². The summed E-state index contributed by atoms with van der Waals surface area (Å²) in [5, 5.41) is 7.60. The van der Waals surface area contributed by atoms with Crippen LogP contribution < -0.4 is 5.84 Å². The van der Waals surface area contributed by atoms with Gasteiger partial charge >= 0.3 is 0 Å². The average Bonchev–Trinajstić information content (AvgIpc) is 2.31. The Bertz CT molecular complexity index is 128. The summed E-state index contributed by atoms with van der Waals surface area (Å²) in [5.74, 6) is 5.44. The van der Waals surface area contributed by atoms with Gasteiger partial charge in [0.25, 0.3) is 0 Å². The van der Waals surface area contributed by atoms with Gasteiger partial charge in [-0.15, -0.1) is 17.0 Å². The molecular formula is C6H15BrN4. The third-order valence-corrected chi connectivity index (χ3v) is 1.46. The number of hydrogen-bond acceptors (Lipinski definition) is 4. The average molecular weight is 223 g/mol. The largest absolute Gasteiger partial charge is 0.278 e. The van der Waals surface area contributed by atoms with Crippen LogP contribution in [0.2, 0.25) is 0 Å². The zero-order chi connectivity index (χ0) is 7.40. The molecule has 0 aromatic rings. The molecule has 1 aliphatic rings. The lowest BCUT2D eigenvalue weighted by atomic mass is 10.3. The summed E-state index contributed by atoms with van der Waals surface area (Å²) < 4.78 is 0. The Hall–Kier alpha value is -0.290. The third kappa shape index (κ3) is 3.57. The van der Waals surface area contributed by atoms with E-state index in [2.05, 4.69) is 12.0 Å². The number of halogens is 1. The van der Waals surface area contributed by atoms with Gasteiger partial charge in [-0.25, -0.2) is 5.84 Å². The first kappa shape index (κ1) is 10.7. The molecule has 0 saturated heterocycles. The normalized spacial score (nSPS) is 15.5. The fraction of sp³-hybridized carbons (Fsp3) is 0.833. The van der Waals surface area contributed by atoms with Crippen LogP contribution in [0.1, 0.15) is 19.8 Å². The minimum absolute atomic E-state index is 0. The highest BCUT2D eigenvalue weighted by molar-refractivity contribution is 8.93. The van der Waals surface area contributed by atoms with Crippen molar-refractivity contribution in [1.29, 1.82) is 0 Å². The summed E-state index contributed by atoms with van der Waals surface area (Å²) in [4.78, 5) is 0. The summed E-state index contributed by atoms with van der Waals surface area (Å²) in [6.45, 7) is 3.92. The number of hydrazine groups is 1. The molecule has 0 aromatic carbocycles. The maximum atomic E-state index is 5.44. The summed E-state index contributed by atoms with van der Waals surface area (Å²) in [6, 6.07) is 0. The van der Waals surface area contributed by atoms with E-state index in [1.807, 2.05) is 5.01 Å². The summed E-state index contributed by atoms with van der Waals surface area (Å²) in [5.41, 5.74) is 0. The minimum Gasteiger partial charge on any atom is -0.278 e. The van der Waals surface area contributed by atoms with Crippen LogP contribution >= 0.6 is 17.0 Å². The van der Waals surface area contributed by atoms with Crippen molar-refractivity contribution in [3.63, 3.8) is 0 Å². The van der Waals surface area contributed by atoms with Gasteiger partial charge in [0.1, 0.15) is 13.0 Å². The van der Waals surface area contributed by atoms with Crippen LogP contribution in [0.4, 0.5) is 0 Å². The van der Waals surface area contributed by atoms with Crippen molar-refractivity contribution in [2.75, 3.05) is 13.2 Å². The zero-order valence-electron chi connectivity index (χ0n) is 6.73. The molecule has 1 aliphatic heterocycles. The van der Waals surface area contributed by atoms with Crippen LogP contribution in [0.5, 0.6) is 0 Å². The fourth-order valence-electron chi connectivity index (χ4n) is 0.870. The molecule has 0 unspecified atom stereocenters. The van der Waals surface area contributed by atoms with Crippen LogP contribution in [0.15, 0.2) is 5.10 Å². The smallest absolute Gasteiger partial charge is 0.127 e. The van der Waals surface area contributed by atoms with E-state index in [1.165, 1.54) is 12.8 Å². The molecule has 1 heterocycles. The minimum atomic E-state index is 0. The van der Waals surface area contributed by atoms with Crippen molar-refractivity contribution in [2.24, 2.45) is 10.9 Å². The Kier molecular flexibility index (Phi) is 5.23. The van der Waals surface area contributed by atoms with Gasteiger partial charge in [-0.2, -0.15) is 5.10 Å². The predicted molar refractivity (Wildman–Crippen MR) is 51.3 cm³/mol. The molecule has 5 heteroatoms. The standard InChI is InChI=1S/C6H14N4.BrH/c1-2-3-4-10-6-9(7)5-8-10;/h5H,2-4,6-7H2,1H3;1H. The lowest BCUT2D eigenvalue weighted by Crippen LogP contribution is -2.32. The zero-order valence-corrected chi connectivity index (χ0v) is 8.45. The van der Waals surface area contributed by atoms with Gasteiger partial charge in [0, 0.05) is 6.54 Å². The van der Waals surface area contributed by atoms with E-state index in [9.17, 15) is 0 Å². The van der Waals surface area contributed by atoms with Crippen LogP contribution in [0, 0.1) is 0 Å². The van der Waals surface area contributed by atoms with Gasteiger partial charge in [-0.05, 0) is 6.42 Å². The van der Waals surface area contributed by atoms with Crippen molar-refractivity contribution < 1.29 is 0 Å². The quantitative estimate of drug-likeness (QED) is 0.718. The van der Waals surface area contributed by atoms with Crippen molar-refractivity contribution >= 4 is 23.3 Å². The van der Waals surface area contributed by atoms with Crippen LogP contribution in [0.3, 0.4) is 0 Å². The lowest BCUT2D eigenvalue weighted by Gasteiger charge is -2.14. The number of nitrogens with zero attached hydrogens (tertiary/aromatic N) is 3. The maximum Gasteiger partial charge on any atom is 0.127 e. The predicted octanol–water partition coefficient (Wildman–Crippen LogP) is 0.756. The molecule has 0 aromatic heterocycles. The number of hydrazone groups is 1. The van der Waals surface area contributed by atoms with Gasteiger partial charge in [-0.3, -0.25) is 10.0 Å². The topological polar surface area (TPSA) is 44.9 Å². The SMILES string of the molecule is Br.CCCCN1CN(N)C=N1.